The first-order chi connectivity index (χ1) is 14.0. The Morgan fingerprint density at radius 3 is 2.45 bits per heavy atom. The van der Waals surface area contributed by atoms with Crippen molar-refractivity contribution in [2.24, 2.45) is 0 Å². The number of hydrogen-bond acceptors (Lipinski definition) is 5. The molecule has 1 heterocycles. The van der Waals surface area contributed by atoms with Crippen molar-refractivity contribution in [3.63, 3.8) is 0 Å². The van der Waals surface area contributed by atoms with Crippen LogP contribution in [0, 0.1) is 5.82 Å². The van der Waals surface area contributed by atoms with Gasteiger partial charge in [-0.25, -0.2) is 9.18 Å². The second kappa shape index (κ2) is 9.60. The molecule has 2 aromatic rings. The summed E-state index contributed by atoms with van der Waals surface area (Å²) in [6.45, 7) is 4.31. The number of anilines is 1. The van der Waals surface area contributed by atoms with Crippen LogP contribution in [-0.4, -0.2) is 69.8 Å². The molecule has 0 saturated carbocycles. The molecule has 6 nitrogen and oxygen atoms in total. The van der Waals surface area contributed by atoms with Crippen LogP contribution in [0.4, 0.5) is 14.9 Å². The first kappa shape index (κ1) is 20.9. The molecule has 1 fully saturated rings. The van der Waals surface area contributed by atoms with Gasteiger partial charge in [-0.05, 0) is 36.2 Å². The van der Waals surface area contributed by atoms with Crippen LogP contribution in [0.15, 0.2) is 42.5 Å². The van der Waals surface area contributed by atoms with Gasteiger partial charge in [-0.15, -0.1) is 0 Å². The third-order valence-corrected chi connectivity index (χ3v) is 5.07. The van der Waals surface area contributed by atoms with E-state index >= 15 is 0 Å². The zero-order chi connectivity index (χ0) is 20.8. The van der Waals surface area contributed by atoms with E-state index in [4.69, 9.17) is 9.47 Å². The number of carbonyl (C=O) groups is 1. The van der Waals surface area contributed by atoms with E-state index in [1.807, 2.05) is 24.3 Å². The van der Waals surface area contributed by atoms with E-state index < -0.39 is 6.09 Å². The molecule has 1 saturated heterocycles. The van der Waals surface area contributed by atoms with Crippen molar-refractivity contribution in [1.82, 2.24) is 9.80 Å². The molecule has 2 aromatic carbocycles. The molecule has 0 aliphatic carbocycles. The number of rotatable bonds is 6. The molecule has 0 unspecified atom stereocenters. The second-order valence-corrected chi connectivity index (χ2v) is 7.28. The maximum absolute atomic E-state index is 14.0. The van der Waals surface area contributed by atoms with Gasteiger partial charge in [-0.1, -0.05) is 18.2 Å². The number of nitrogens with zero attached hydrogens (tertiary/aromatic N) is 3. The van der Waals surface area contributed by atoms with Crippen LogP contribution in [-0.2, 0) is 6.42 Å². The molecule has 0 spiro atoms. The molecule has 1 aliphatic rings. The average Bonchev–Trinajstić information content (AvgIpc) is 2.73. The van der Waals surface area contributed by atoms with E-state index in [0.29, 0.717) is 17.2 Å². The van der Waals surface area contributed by atoms with E-state index in [2.05, 4.69) is 9.80 Å². The van der Waals surface area contributed by atoms with Crippen LogP contribution in [0.3, 0.4) is 0 Å². The number of benzene rings is 2. The van der Waals surface area contributed by atoms with Gasteiger partial charge in [0.1, 0.15) is 5.82 Å². The van der Waals surface area contributed by atoms with E-state index in [0.717, 1.165) is 44.7 Å². The Morgan fingerprint density at radius 2 is 1.79 bits per heavy atom. The van der Waals surface area contributed by atoms with Crippen molar-refractivity contribution in [2.75, 3.05) is 58.8 Å². The molecule has 0 aromatic heterocycles. The lowest BCUT2D eigenvalue weighted by Gasteiger charge is -2.36. The highest BCUT2D eigenvalue weighted by Gasteiger charge is 2.19. The molecule has 0 N–H and O–H groups in total. The largest absolute Gasteiger partial charge is 0.493 e. The minimum absolute atomic E-state index is 0.164. The van der Waals surface area contributed by atoms with Gasteiger partial charge >= 0.3 is 6.09 Å². The summed E-state index contributed by atoms with van der Waals surface area (Å²) in [5.41, 5.74) is 1.79. The number of ether oxygens (including phenoxy) is 2. The molecule has 0 bridgehead atoms. The monoisotopic (exact) mass is 401 g/mol. The van der Waals surface area contributed by atoms with E-state index in [1.165, 1.54) is 11.0 Å². The van der Waals surface area contributed by atoms with Crippen LogP contribution in [0.25, 0.3) is 0 Å². The van der Waals surface area contributed by atoms with Gasteiger partial charge in [0.15, 0.2) is 11.5 Å². The van der Waals surface area contributed by atoms with E-state index in [9.17, 15) is 9.18 Å². The summed E-state index contributed by atoms with van der Waals surface area (Å²) in [5, 5.41) is 0. The summed E-state index contributed by atoms with van der Waals surface area (Å²) >= 11 is 0. The van der Waals surface area contributed by atoms with Gasteiger partial charge in [0.05, 0.1) is 12.8 Å². The van der Waals surface area contributed by atoms with Crippen molar-refractivity contribution in [3.8, 4) is 11.5 Å². The number of para-hydroxylation sites is 1. The predicted octanol–water partition coefficient (Wildman–Crippen LogP) is 3.26. The number of carbonyl (C=O) groups excluding carboxylic acids is 1. The Bertz CT molecular complexity index is 836. The highest BCUT2D eigenvalue weighted by atomic mass is 19.1. The molecular weight excluding hydrogens is 373 g/mol. The molecule has 0 atom stereocenters. The molecule has 7 heteroatoms. The fourth-order valence-electron chi connectivity index (χ4n) is 3.34. The number of methoxy groups -OCH3 is 1. The van der Waals surface area contributed by atoms with Crippen LogP contribution in [0.2, 0.25) is 0 Å². The van der Waals surface area contributed by atoms with Crippen LogP contribution in [0.5, 0.6) is 11.5 Å². The number of hydrogen-bond donors (Lipinski definition) is 0. The molecule has 156 valence electrons. The van der Waals surface area contributed by atoms with Crippen molar-refractivity contribution in [1.29, 1.82) is 0 Å². The Morgan fingerprint density at radius 1 is 1.07 bits per heavy atom. The zero-order valence-corrected chi connectivity index (χ0v) is 17.2. The van der Waals surface area contributed by atoms with E-state index in [1.54, 1.807) is 33.3 Å². The Kier molecular flexibility index (Phi) is 6.93. The third-order valence-electron chi connectivity index (χ3n) is 5.07. The summed E-state index contributed by atoms with van der Waals surface area (Å²) < 4.78 is 24.7. The van der Waals surface area contributed by atoms with Gasteiger partial charge in [-0.3, -0.25) is 4.90 Å². The lowest BCUT2D eigenvalue weighted by atomic mass is 10.1. The Balaban J connectivity index is 1.53. The highest BCUT2D eigenvalue weighted by molar-refractivity contribution is 5.71. The minimum atomic E-state index is -0.441. The zero-order valence-electron chi connectivity index (χ0n) is 17.2. The molecule has 1 amide bonds. The lowest BCUT2D eigenvalue weighted by Crippen LogP contribution is -2.47. The van der Waals surface area contributed by atoms with E-state index in [-0.39, 0.29) is 5.82 Å². The van der Waals surface area contributed by atoms with Gasteiger partial charge in [0.2, 0.25) is 0 Å². The Hall–Kier alpha value is -2.80. The topological polar surface area (TPSA) is 45.3 Å². The first-order valence-corrected chi connectivity index (χ1v) is 9.76. The van der Waals surface area contributed by atoms with Crippen LogP contribution >= 0.6 is 0 Å². The molecule has 3 rings (SSSR count). The van der Waals surface area contributed by atoms with Crippen LogP contribution < -0.4 is 14.4 Å². The average molecular weight is 401 g/mol. The SMILES string of the molecule is COc1cc(CCN2CCN(c3ccccc3F)CC2)ccc1OC(=O)N(C)C. The third kappa shape index (κ3) is 5.38. The van der Waals surface area contributed by atoms with Crippen LogP contribution in [0.1, 0.15) is 5.56 Å². The van der Waals surface area contributed by atoms with Crippen molar-refractivity contribution >= 4 is 11.8 Å². The first-order valence-electron chi connectivity index (χ1n) is 9.76. The van der Waals surface area contributed by atoms with Gasteiger partial charge in [0.25, 0.3) is 0 Å². The summed E-state index contributed by atoms with van der Waals surface area (Å²) in [4.78, 5) is 17.6. The van der Waals surface area contributed by atoms with Crippen molar-refractivity contribution in [2.45, 2.75) is 6.42 Å². The fraction of sp³-hybridized carbons (Fsp3) is 0.409. The fourth-order valence-corrected chi connectivity index (χ4v) is 3.34. The maximum Gasteiger partial charge on any atom is 0.414 e. The van der Waals surface area contributed by atoms with Gasteiger partial charge in [0, 0.05) is 46.8 Å². The predicted molar refractivity (Wildman–Crippen MR) is 111 cm³/mol. The highest BCUT2D eigenvalue weighted by Crippen LogP contribution is 2.29. The van der Waals surface area contributed by atoms with Gasteiger partial charge in [-0.2, -0.15) is 0 Å². The number of halogens is 1. The molecule has 0 radical (unpaired) electrons. The Labute approximate surface area is 171 Å². The minimum Gasteiger partial charge on any atom is -0.493 e. The molecule has 1 aliphatic heterocycles. The molecule has 29 heavy (non-hydrogen) atoms. The summed E-state index contributed by atoms with van der Waals surface area (Å²) in [7, 11) is 4.83. The maximum atomic E-state index is 14.0. The summed E-state index contributed by atoms with van der Waals surface area (Å²) in [6.07, 6.45) is 0.418. The van der Waals surface area contributed by atoms with Gasteiger partial charge < -0.3 is 19.3 Å². The summed E-state index contributed by atoms with van der Waals surface area (Å²) in [6, 6.07) is 12.6. The quantitative estimate of drug-likeness (QED) is 0.744. The number of amides is 1. The molecular formula is C22H28FN3O3. The lowest BCUT2D eigenvalue weighted by molar-refractivity contribution is 0.170. The standard InChI is InChI=1S/C22H28FN3O3/c1-24(2)22(27)29-20-9-8-17(16-21(20)28-3)10-11-25-12-14-26(15-13-25)19-7-5-4-6-18(19)23/h4-9,16H,10-15H2,1-3H3. The summed E-state index contributed by atoms with van der Waals surface area (Å²) in [5.74, 6) is 0.790. The smallest absolute Gasteiger partial charge is 0.414 e. The van der Waals surface area contributed by atoms with Crippen molar-refractivity contribution in [3.05, 3.63) is 53.8 Å². The van der Waals surface area contributed by atoms with Crippen molar-refractivity contribution < 1.29 is 18.7 Å². The second-order valence-electron chi connectivity index (χ2n) is 7.28. The number of piperazine rings is 1. The normalized spacial score (nSPS) is 14.6.